The number of hydrogen-bond donors (Lipinski definition) is 0. The summed E-state index contributed by atoms with van der Waals surface area (Å²) in [6, 6.07) is 5.64. The van der Waals surface area contributed by atoms with E-state index in [-0.39, 0.29) is 11.9 Å². The molecular formula is C17H18BrNO3. The number of ether oxygens (including phenoxy) is 2. The highest BCUT2D eigenvalue weighted by molar-refractivity contribution is 9.10. The largest absolute Gasteiger partial charge is 0.496 e. The average molecular weight is 364 g/mol. The molecule has 0 aromatic heterocycles. The number of carbonyl (C=O) groups is 1. The van der Waals surface area contributed by atoms with Crippen molar-refractivity contribution in [1.29, 1.82) is 0 Å². The Morgan fingerprint density at radius 3 is 2.82 bits per heavy atom. The zero-order chi connectivity index (χ0) is 15.5. The van der Waals surface area contributed by atoms with Crippen LogP contribution in [-0.4, -0.2) is 19.0 Å². The lowest BCUT2D eigenvalue weighted by molar-refractivity contribution is -0.130. The number of cyclic esters (lactones) is 1. The third-order valence-electron chi connectivity index (χ3n) is 4.08. The van der Waals surface area contributed by atoms with E-state index in [2.05, 4.69) is 20.9 Å². The fraction of sp³-hybridized carbons (Fsp3) is 0.412. The fourth-order valence-corrected chi connectivity index (χ4v) is 3.29. The van der Waals surface area contributed by atoms with Gasteiger partial charge in [-0.3, -0.25) is 0 Å². The Kier molecular flexibility index (Phi) is 4.62. The third-order valence-corrected chi connectivity index (χ3v) is 4.57. The summed E-state index contributed by atoms with van der Waals surface area (Å²) in [5, 5.41) is 0. The average Bonchev–Trinajstić information content (AvgIpc) is 2.90. The molecule has 1 saturated carbocycles. The van der Waals surface area contributed by atoms with Gasteiger partial charge in [0.15, 0.2) is 5.70 Å². The number of aliphatic imine (C=N–C) groups is 1. The van der Waals surface area contributed by atoms with Gasteiger partial charge in [0.25, 0.3) is 0 Å². The first kappa shape index (κ1) is 15.3. The van der Waals surface area contributed by atoms with Crippen LogP contribution in [0.5, 0.6) is 5.75 Å². The summed E-state index contributed by atoms with van der Waals surface area (Å²) in [5.41, 5.74) is 1.15. The van der Waals surface area contributed by atoms with E-state index in [9.17, 15) is 4.79 Å². The van der Waals surface area contributed by atoms with Crippen molar-refractivity contribution in [2.75, 3.05) is 7.11 Å². The number of halogens is 1. The smallest absolute Gasteiger partial charge is 0.363 e. The molecule has 4 nitrogen and oxygen atoms in total. The number of hydrogen-bond acceptors (Lipinski definition) is 4. The predicted octanol–water partition coefficient (Wildman–Crippen LogP) is 4.33. The van der Waals surface area contributed by atoms with Crippen LogP contribution in [0.15, 0.2) is 33.4 Å². The molecule has 0 N–H and O–H groups in total. The van der Waals surface area contributed by atoms with Gasteiger partial charge >= 0.3 is 5.97 Å². The zero-order valence-electron chi connectivity index (χ0n) is 12.5. The summed E-state index contributed by atoms with van der Waals surface area (Å²) < 4.78 is 11.6. The zero-order valence-corrected chi connectivity index (χ0v) is 14.1. The molecule has 116 valence electrons. The summed E-state index contributed by atoms with van der Waals surface area (Å²) >= 11 is 3.43. The highest BCUT2D eigenvalue weighted by Gasteiger charge is 2.30. The van der Waals surface area contributed by atoms with E-state index < -0.39 is 0 Å². The number of nitrogens with zero attached hydrogens (tertiary/aromatic N) is 1. The van der Waals surface area contributed by atoms with Crippen molar-refractivity contribution in [2.45, 2.75) is 32.1 Å². The van der Waals surface area contributed by atoms with Crippen molar-refractivity contribution in [3.05, 3.63) is 33.9 Å². The van der Waals surface area contributed by atoms with E-state index in [0.29, 0.717) is 17.3 Å². The van der Waals surface area contributed by atoms with Crippen molar-refractivity contribution in [3.8, 4) is 5.75 Å². The van der Waals surface area contributed by atoms with Crippen LogP contribution < -0.4 is 4.74 Å². The van der Waals surface area contributed by atoms with Gasteiger partial charge in [-0.05, 0) is 37.1 Å². The molecule has 0 radical (unpaired) electrons. The monoisotopic (exact) mass is 363 g/mol. The van der Waals surface area contributed by atoms with E-state index in [1.807, 2.05) is 18.2 Å². The predicted molar refractivity (Wildman–Crippen MR) is 88.8 cm³/mol. The highest BCUT2D eigenvalue weighted by Crippen LogP contribution is 2.31. The number of rotatable bonds is 3. The maximum Gasteiger partial charge on any atom is 0.363 e. The van der Waals surface area contributed by atoms with Gasteiger partial charge in [-0.1, -0.05) is 35.2 Å². The summed E-state index contributed by atoms with van der Waals surface area (Å²) in [4.78, 5) is 16.5. The molecule has 5 heteroatoms. The van der Waals surface area contributed by atoms with Crippen LogP contribution in [0.25, 0.3) is 6.08 Å². The van der Waals surface area contributed by atoms with Crippen LogP contribution in [0.2, 0.25) is 0 Å². The van der Waals surface area contributed by atoms with Gasteiger partial charge in [0.1, 0.15) is 5.75 Å². The molecular weight excluding hydrogens is 346 g/mol. The molecule has 3 rings (SSSR count). The number of methoxy groups -OCH3 is 1. The summed E-state index contributed by atoms with van der Waals surface area (Å²) in [5.74, 6) is 1.20. The minimum Gasteiger partial charge on any atom is -0.496 e. The fourth-order valence-electron chi connectivity index (χ4n) is 2.92. The molecule has 1 aliphatic carbocycles. The van der Waals surface area contributed by atoms with Gasteiger partial charge in [0, 0.05) is 16.0 Å². The summed E-state index contributed by atoms with van der Waals surface area (Å²) in [6.45, 7) is 0. The van der Waals surface area contributed by atoms with E-state index >= 15 is 0 Å². The van der Waals surface area contributed by atoms with Gasteiger partial charge in [-0.25, -0.2) is 9.79 Å². The molecule has 2 aliphatic rings. The van der Waals surface area contributed by atoms with Crippen molar-refractivity contribution >= 4 is 33.9 Å². The molecule has 0 saturated heterocycles. The van der Waals surface area contributed by atoms with E-state index in [1.165, 1.54) is 19.3 Å². The number of carbonyl (C=O) groups excluding carboxylic acids is 1. The van der Waals surface area contributed by atoms with Gasteiger partial charge in [0.2, 0.25) is 5.90 Å². The molecule has 1 fully saturated rings. The first-order valence-electron chi connectivity index (χ1n) is 7.53. The Labute approximate surface area is 138 Å². The second-order valence-electron chi connectivity index (χ2n) is 5.59. The quantitative estimate of drug-likeness (QED) is 0.592. The van der Waals surface area contributed by atoms with Gasteiger partial charge in [0.05, 0.1) is 7.11 Å². The Balaban J connectivity index is 1.89. The van der Waals surface area contributed by atoms with Crippen LogP contribution in [0.3, 0.4) is 0 Å². The topological polar surface area (TPSA) is 47.9 Å². The summed E-state index contributed by atoms with van der Waals surface area (Å²) in [7, 11) is 1.61. The van der Waals surface area contributed by atoms with Crippen molar-refractivity contribution < 1.29 is 14.3 Å². The van der Waals surface area contributed by atoms with Gasteiger partial charge in [-0.15, -0.1) is 0 Å². The lowest BCUT2D eigenvalue weighted by atomic mass is 9.89. The van der Waals surface area contributed by atoms with E-state index in [1.54, 1.807) is 13.2 Å². The summed E-state index contributed by atoms with van der Waals surface area (Å²) in [6.07, 6.45) is 7.45. The van der Waals surface area contributed by atoms with Gasteiger partial charge < -0.3 is 9.47 Å². The van der Waals surface area contributed by atoms with E-state index in [4.69, 9.17) is 9.47 Å². The van der Waals surface area contributed by atoms with Crippen LogP contribution in [0.1, 0.15) is 37.7 Å². The molecule has 1 aromatic carbocycles. The van der Waals surface area contributed by atoms with Crippen molar-refractivity contribution in [2.24, 2.45) is 10.9 Å². The maximum atomic E-state index is 12.1. The molecule has 0 unspecified atom stereocenters. The van der Waals surface area contributed by atoms with Crippen LogP contribution in [-0.2, 0) is 9.53 Å². The molecule has 1 heterocycles. The molecule has 22 heavy (non-hydrogen) atoms. The Bertz CT molecular complexity index is 645. The van der Waals surface area contributed by atoms with Crippen LogP contribution >= 0.6 is 15.9 Å². The Hall–Kier alpha value is -1.62. The first-order valence-corrected chi connectivity index (χ1v) is 8.32. The van der Waals surface area contributed by atoms with Crippen molar-refractivity contribution in [1.82, 2.24) is 0 Å². The second kappa shape index (κ2) is 6.65. The normalized spacial score (nSPS) is 20.9. The third kappa shape index (κ3) is 3.24. The minimum absolute atomic E-state index is 0.285. The second-order valence-corrected chi connectivity index (χ2v) is 6.51. The van der Waals surface area contributed by atoms with Crippen molar-refractivity contribution in [3.63, 3.8) is 0 Å². The molecule has 1 aliphatic heterocycles. The molecule has 1 aromatic rings. The lowest BCUT2D eigenvalue weighted by Crippen LogP contribution is -2.19. The lowest BCUT2D eigenvalue weighted by Gasteiger charge is -2.19. The first-order chi connectivity index (χ1) is 10.7. The SMILES string of the molecule is COc1ccc(Br)cc1C=C1N=C(C2CCCCC2)OC1=O. The minimum atomic E-state index is -0.373. The maximum absolute atomic E-state index is 12.1. The number of benzene rings is 1. The molecule has 0 amide bonds. The molecule has 0 atom stereocenters. The number of esters is 1. The van der Waals surface area contributed by atoms with Crippen LogP contribution in [0.4, 0.5) is 0 Å². The van der Waals surface area contributed by atoms with Gasteiger partial charge in [-0.2, -0.15) is 0 Å². The molecule has 0 bridgehead atoms. The standard InChI is InChI=1S/C17H18BrNO3/c1-21-15-8-7-13(18)9-12(15)10-14-17(20)22-16(19-14)11-5-3-2-4-6-11/h7-11H,2-6H2,1H3. The van der Waals surface area contributed by atoms with Crippen LogP contribution in [0, 0.1) is 5.92 Å². The highest BCUT2D eigenvalue weighted by atomic mass is 79.9. The van der Waals surface area contributed by atoms with E-state index in [0.717, 1.165) is 22.9 Å². The Morgan fingerprint density at radius 2 is 2.09 bits per heavy atom. The Morgan fingerprint density at radius 1 is 1.32 bits per heavy atom. The molecule has 0 spiro atoms.